The van der Waals surface area contributed by atoms with Crippen LogP contribution in [-0.2, 0) is 11.2 Å². The van der Waals surface area contributed by atoms with Crippen LogP contribution in [-0.4, -0.2) is 24.0 Å². The van der Waals surface area contributed by atoms with Crippen molar-refractivity contribution in [1.82, 2.24) is 10.6 Å². The lowest BCUT2D eigenvalue weighted by atomic mass is 10.1. The van der Waals surface area contributed by atoms with Gasteiger partial charge in [-0.05, 0) is 36.6 Å². The molecule has 6 heteroatoms. The molecule has 0 spiro atoms. The first-order chi connectivity index (χ1) is 12.6. The van der Waals surface area contributed by atoms with Gasteiger partial charge in [0.05, 0.1) is 11.6 Å². The SMILES string of the molecule is N#Cc1cccc(NC(=O)N[C@H](Cc2ccccc2)C(=O)NC2CC2)c1. The van der Waals surface area contributed by atoms with E-state index in [1.807, 2.05) is 36.4 Å². The molecule has 1 saturated carbocycles. The van der Waals surface area contributed by atoms with Gasteiger partial charge in [-0.1, -0.05) is 36.4 Å². The Hall–Kier alpha value is -3.33. The molecule has 1 aliphatic carbocycles. The maximum Gasteiger partial charge on any atom is 0.319 e. The highest BCUT2D eigenvalue weighted by molar-refractivity contribution is 5.94. The third-order valence-electron chi connectivity index (χ3n) is 4.08. The number of anilines is 1. The van der Waals surface area contributed by atoms with Gasteiger partial charge in [0, 0.05) is 18.2 Å². The molecule has 1 aliphatic rings. The molecule has 0 radical (unpaired) electrons. The Labute approximate surface area is 152 Å². The van der Waals surface area contributed by atoms with E-state index in [0.29, 0.717) is 17.7 Å². The second kappa shape index (κ2) is 8.17. The van der Waals surface area contributed by atoms with Crippen LogP contribution >= 0.6 is 0 Å². The summed E-state index contributed by atoms with van der Waals surface area (Å²) in [6.07, 6.45) is 2.37. The highest BCUT2D eigenvalue weighted by atomic mass is 16.2. The summed E-state index contributed by atoms with van der Waals surface area (Å²) in [4.78, 5) is 24.8. The van der Waals surface area contributed by atoms with E-state index in [0.717, 1.165) is 18.4 Å². The molecule has 6 nitrogen and oxygen atoms in total. The van der Waals surface area contributed by atoms with Gasteiger partial charge in [0.2, 0.25) is 5.91 Å². The Balaban J connectivity index is 1.66. The van der Waals surface area contributed by atoms with E-state index >= 15 is 0 Å². The average Bonchev–Trinajstić information content (AvgIpc) is 3.46. The number of carbonyl (C=O) groups is 2. The zero-order valence-electron chi connectivity index (χ0n) is 14.2. The second-order valence-corrected chi connectivity index (χ2v) is 6.32. The molecule has 0 saturated heterocycles. The van der Waals surface area contributed by atoms with Crippen LogP contribution in [0.3, 0.4) is 0 Å². The number of hydrogen-bond donors (Lipinski definition) is 3. The van der Waals surface area contributed by atoms with Crippen LogP contribution in [0.15, 0.2) is 54.6 Å². The van der Waals surface area contributed by atoms with Crippen molar-refractivity contribution in [3.8, 4) is 6.07 Å². The van der Waals surface area contributed by atoms with Crippen molar-refractivity contribution in [1.29, 1.82) is 5.26 Å². The summed E-state index contributed by atoms with van der Waals surface area (Å²) in [5.74, 6) is -0.183. The molecular weight excluding hydrogens is 328 g/mol. The van der Waals surface area contributed by atoms with Crippen molar-refractivity contribution in [2.24, 2.45) is 0 Å². The summed E-state index contributed by atoms with van der Waals surface area (Å²) in [5, 5.41) is 17.3. The molecule has 3 rings (SSSR count). The minimum absolute atomic E-state index is 0.183. The van der Waals surface area contributed by atoms with Crippen molar-refractivity contribution in [2.45, 2.75) is 31.3 Å². The van der Waals surface area contributed by atoms with Gasteiger partial charge < -0.3 is 16.0 Å². The Kier molecular flexibility index (Phi) is 5.49. The molecule has 0 bridgehead atoms. The Bertz CT molecular complexity index is 825. The Morgan fingerprint density at radius 2 is 1.88 bits per heavy atom. The number of amides is 3. The Morgan fingerprint density at radius 3 is 2.58 bits per heavy atom. The number of benzene rings is 2. The summed E-state index contributed by atoms with van der Waals surface area (Å²) in [5.41, 5.74) is 1.92. The molecule has 26 heavy (non-hydrogen) atoms. The molecule has 2 aromatic rings. The van der Waals surface area contributed by atoms with Crippen molar-refractivity contribution in [2.75, 3.05) is 5.32 Å². The van der Waals surface area contributed by atoms with Crippen LogP contribution in [0.4, 0.5) is 10.5 Å². The van der Waals surface area contributed by atoms with E-state index in [9.17, 15) is 9.59 Å². The van der Waals surface area contributed by atoms with Crippen molar-refractivity contribution in [3.05, 3.63) is 65.7 Å². The van der Waals surface area contributed by atoms with E-state index < -0.39 is 12.1 Å². The van der Waals surface area contributed by atoms with Gasteiger partial charge in [-0.15, -0.1) is 0 Å². The van der Waals surface area contributed by atoms with Crippen LogP contribution in [0.25, 0.3) is 0 Å². The first kappa shape index (κ1) is 17.5. The normalized spacial score (nSPS) is 14.0. The highest BCUT2D eigenvalue weighted by Gasteiger charge is 2.28. The molecule has 0 heterocycles. The van der Waals surface area contributed by atoms with Gasteiger partial charge in [0.25, 0.3) is 0 Å². The summed E-state index contributed by atoms with van der Waals surface area (Å²) in [7, 11) is 0. The monoisotopic (exact) mass is 348 g/mol. The molecule has 0 aromatic heterocycles. The fourth-order valence-electron chi connectivity index (χ4n) is 2.58. The van der Waals surface area contributed by atoms with Crippen LogP contribution in [0.1, 0.15) is 24.0 Å². The number of nitrogens with one attached hydrogen (secondary N) is 3. The lowest BCUT2D eigenvalue weighted by Crippen LogP contribution is -2.49. The highest BCUT2D eigenvalue weighted by Crippen LogP contribution is 2.19. The second-order valence-electron chi connectivity index (χ2n) is 6.32. The zero-order chi connectivity index (χ0) is 18.4. The van der Waals surface area contributed by atoms with E-state index in [-0.39, 0.29) is 11.9 Å². The number of carbonyl (C=O) groups excluding carboxylic acids is 2. The van der Waals surface area contributed by atoms with Crippen molar-refractivity contribution >= 4 is 17.6 Å². The van der Waals surface area contributed by atoms with Crippen LogP contribution < -0.4 is 16.0 Å². The molecular formula is C20H20N4O2. The van der Waals surface area contributed by atoms with Crippen LogP contribution in [0, 0.1) is 11.3 Å². The van der Waals surface area contributed by atoms with Crippen molar-refractivity contribution in [3.63, 3.8) is 0 Å². The molecule has 0 aliphatic heterocycles. The molecule has 1 atom stereocenters. The van der Waals surface area contributed by atoms with Gasteiger partial charge in [-0.2, -0.15) is 5.26 Å². The Morgan fingerprint density at radius 1 is 1.12 bits per heavy atom. The third-order valence-corrected chi connectivity index (χ3v) is 4.08. The number of urea groups is 1. The topological polar surface area (TPSA) is 94.0 Å². The summed E-state index contributed by atoms with van der Waals surface area (Å²) in [6, 6.07) is 17.3. The predicted octanol–water partition coefficient (Wildman–Crippen LogP) is 2.57. The molecule has 3 N–H and O–H groups in total. The van der Waals surface area contributed by atoms with E-state index in [2.05, 4.69) is 16.0 Å². The van der Waals surface area contributed by atoms with Gasteiger partial charge in [-0.25, -0.2) is 4.79 Å². The minimum atomic E-state index is -0.669. The van der Waals surface area contributed by atoms with Crippen LogP contribution in [0.5, 0.6) is 0 Å². The quantitative estimate of drug-likeness (QED) is 0.749. The van der Waals surface area contributed by atoms with Gasteiger partial charge in [0.1, 0.15) is 6.04 Å². The fourth-order valence-corrected chi connectivity index (χ4v) is 2.58. The van der Waals surface area contributed by atoms with Gasteiger partial charge in [-0.3, -0.25) is 4.79 Å². The van der Waals surface area contributed by atoms with Gasteiger partial charge in [0.15, 0.2) is 0 Å². The third kappa shape index (κ3) is 5.08. The predicted molar refractivity (Wildman–Crippen MR) is 98.4 cm³/mol. The van der Waals surface area contributed by atoms with Crippen LogP contribution in [0.2, 0.25) is 0 Å². The summed E-state index contributed by atoms with van der Waals surface area (Å²) >= 11 is 0. The standard InChI is InChI=1S/C20H20N4O2/c21-13-15-7-4-8-17(11-15)23-20(26)24-18(19(25)22-16-9-10-16)12-14-5-2-1-3-6-14/h1-8,11,16,18H,9-10,12H2,(H,22,25)(H2,23,24,26)/t18-/m1/s1. The number of rotatable bonds is 6. The van der Waals surface area contributed by atoms with Gasteiger partial charge >= 0.3 is 6.03 Å². The van der Waals surface area contributed by atoms with E-state index in [1.54, 1.807) is 24.3 Å². The fraction of sp³-hybridized carbons (Fsp3) is 0.250. The number of hydrogen-bond acceptors (Lipinski definition) is 3. The maximum absolute atomic E-state index is 12.5. The molecule has 3 amide bonds. The zero-order valence-corrected chi connectivity index (χ0v) is 14.2. The smallest absolute Gasteiger partial charge is 0.319 e. The largest absolute Gasteiger partial charge is 0.352 e. The average molecular weight is 348 g/mol. The number of nitrogens with zero attached hydrogens (tertiary/aromatic N) is 1. The maximum atomic E-state index is 12.5. The lowest BCUT2D eigenvalue weighted by Gasteiger charge is -2.19. The molecule has 0 unspecified atom stereocenters. The summed E-state index contributed by atoms with van der Waals surface area (Å²) in [6.45, 7) is 0. The number of nitriles is 1. The molecule has 132 valence electrons. The summed E-state index contributed by atoms with van der Waals surface area (Å²) < 4.78 is 0. The lowest BCUT2D eigenvalue weighted by molar-refractivity contribution is -0.123. The van der Waals surface area contributed by atoms with E-state index in [1.165, 1.54) is 0 Å². The first-order valence-corrected chi connectivity index (χ1v) is 8.56. The van der Waals surface area contributed by atoms with E-state index in [4.69, 9.17) is 5.26 Å². The first-order valence-electron chi connectivity index (χ1n) is 8.56. The minimum Gasteiger partial charge on any atom is -0.352 e. The molecule has 2 aromatic carbocycles. The molecule has 1 fully saturated rings. The van der Waals surface area contributed by atoms with Crippen molar-refractivity contribution < 1.29 is 9.59 Å².